The molecule has 4 heterocycles. The summed E-state index contributed by atoms with van der Waals surface area (Å²) in [6.45, 7) is 3.52. The molecule has 0 amide bonds. The molecule has 9 nitrogen and oxygen atoms in total. The van der Waals surface area contributed by atoms with E-state index in [2.05, 4.69) is 31.1 Å². The zero-order valence-corrected chi connectivity index (χ0v) is 23.4. The van der Waals surface area contributed by atoms with Crippen molar-refractivity contribution in [3.63, 3.8) is 0 Å². The van der Waals surface area contributed by atoms with Gasteiger partial charge in [0.1, 0.15) is 12.1 Å². The van der Waals surface area contributed by atoms with Gasteiger partial charge in [-0.3, -0.25) is 19.8 Å². The number of benzene rings is 1. The lowest BCUT2D eigenvalue weighted by atomic mass is 9.95. The van der Waals surface area contributed by atoms with E-state index >= 15 is 0 Å². The molecule has 0 bridgehead atoms. The van der Waals surface area contributed by atoms with Gasteiger partial charge >= 0.3 is 0 Å². The van der Waals surface area contributed by atoms with E-state index in [1.807, 2.05) is 36.4 Å². The number of H-pyrrole nitrogens is 1. The highest BCUT2D eigenvalue weighted by atomic mass is 35.5. The zero-order valence-electron chi connectivity index (χ0n) is 21.0. The van der Waals surface area contributed by atoms with Crippen molar-refractivity contribution in [1.29, 1.82) is 0 Å². The first kappa shape index (κ1) is 26.6. The number of carbonyl (C=O) groups excluding carboxylic acids is 1. The Balaban J connectivity index is 1.61. The highest BCUT2D eigenvalue weighted by Crippen LogP contribution is 2.44. The summed E-state index contributed by atoms with van der Waals surface area (Å²) in [7, 11) is -3.26. The molecule has 0 aliphatic carbocycles. The summed E-state index contributed by atoms with van der Waals surface area (Å²) in [6, 6.07) is 13.6. The molecule has 12 heteroatoms. The van der Waals surface area contributed by atoms with Gasteiger partial charge in [-0.1, -0.05) is 23.7 Å². The number of ketones is 1. The number of Topliss-reactive ketones (excluding diaryl/α,β-unsaturated/α-hetero) is 1. The summed E-state index contributed by atoms with van der Waals surface area (Å²) in [6.07, 6.45) is 4.74. The van der Waals surface area contributed by atoms with E-state index < -0.39 is 10.0 Å². The number of aromatic nitrogens is 4. The van der Waals surface area contributed by atoms with E-state index in [9.17, 15) is 13.2 Å². The van der Waals surface area contributed by atoms with Crippen molar-refractivity contribution in [1.82, 2.24) is 29.4 Å². The van der Waals surface area contributed by atoms with E-state index in [1.54, 1.807) is 24.5 Å². The maximum atomic E-state index is 12.2. The van der Waals surface area contributed by atoms with Gasteiger partial charge in [-0.25, -0.2) is 13.4 Å². The summed E-state index contributed by atoms with van der Waals surface area (Å²) in [5.74, 6) is 0.711. The first-order valence-corrected chi connectivity index (χ1v) is 15.1. The number of piperazine rings is 1. The fourth-order valence-corrected chi connectivity index (χ4v) is 6.85. The lowest BCUT2D eigenvalue weighted by molar-refractivity contribution is -0.116. The fourth-order valence-electron chi connectivity index (χ4n) is 4.76. The molecule has 198 valence electrons. The number of pyridine rings is 1. The molecule has 5 rings (SSSR count). The highest BCUT2D eigenvalue weighted by Gasteiger charge is 2.32. The van der Waals surface area contributed by atoms with Crippen LogP contribution >= 0.6 is 22.9 Å². The molecule has 1 aliphatic rings. The molecular formula is C26H27ClN6O3S2. The normalized spacial score (nSPS) is 16.0. The van der Waals surface area contributed by atoms with E-state index in [0.717, 1.165) is 32.1 Å². The van der Waals surface area contributed by atoms with Crippen molar-refractivity contribution < 1.29 is 13.2 Å². The number of halogens is 1. The van der Waals surface area contributed by atoms with E-state index in [4.69, 9.17) is 11.6 Å². The van der Waals surface area contributed by atoms with Gasteiger partial charge in [-0.2, -0.15) is 9.40 Å². The molecule has 1 N–H and O–H groups in total. The Kier molecular flexibility index (Phi) is 7.73. The van der Waals surface area contributed by atoms with Crippen LogP contribution in [0.3, 0.4) is 0 Å². The third kappa shape index (κ3) is 5.87. The summed E-state index contributed by atoms with van der Waals surface area (Å²) in [5, 5.41) is 7.73. The predicted octanol–water partition coefficient (Wildman–Crippen LogP) is 4.05. The van der Waals surface area contributed by atoms with Crippen LogP contribution in [0, 0.1) is 0 Å². The molecule has 0 radical (unpaired) electrons. The minimum atomic E-state index is -3.26. The molecule has 0 spiro atoms. The van der Waals surface area contributed by atoms with Crippen LogP contribution in [0.2, 0.25) is 5.02 Å². The van der Waals surface area contributed by atoms with Crippen LogP contribution in [0.1, 0.15) is 29.8 Å². The van der Waals surface area contributed by atoms with Crippen molar-refractivity contribution in [3.8, 4) is 21.1 Å². The largest absolute Gasteiger partial charge is 0.300 e. The summed E-state index contributed by atoms with van der Waals surface area (Å²) < 4.78 is 25.8. The molecule has 1 unspecified atom stereocenters. The van der Waals surface area contributed by atoms with Gasteiger partial charge in [-0.15, -0.1) is 11.3 Å². The first-order valence-electron chi connectivity index (χ1n) is 12.1. The number of nitrogens with one attached hydrogen (secondary N) is 1. The standard InChI is InChI=1S/C26H27ClN6O3S2/c1-17(34)13-21-14-19(7-8-28-21)23-15-22(25(37-23)26-29-16-30-31-26)24(18-3-5-20(27)6-4-18)32-9-11-33(12-10-32)38(2,35)36/h3-8,14-16,24H,9-13H2,1-2H3,(H,29,30,31). The maximum absolute atomic E-state index is 12.2. The van der Waals surface area contributed by atoms with E-state index in [0.29, 0.717) is 37.0 Å². The third-order valence-electron chi connectivity index (χ3n) is 6.51. The number of hydrogen-bond acceptors (Lipinski definition) is 8. The second kappa shape index (κ2) is 11.0. The fraction of sp³-hybridized carbons (Fsp3) is 0.308. The van der Waals surface area contributed by atoms with Crippen molar-refractivity contribution in [3.05, 3.63) is 76.8 Å². The molecule has 3 aromatic heterocycles. The van der Waals surface area contributed by atoms with Crippen molar-refractivity contribution >= 4 is 38.7 Å². The summed E-state index contributed by atoms with van der Waals surface area (Å²) >= 11 is 7.81. The van der Waals surface area contributed by atoms with Gasteiger partial charge in [0.05, 0.1) is 17.2 Å². The van der Waals surface area contributed by atoms with Crippen molar-refractivity contribution in [2.24, 2.45) is 0 Å². The second-order valence-electron chi connectivity index (χ2n) is 9.30. The molecule has 1 atom stereocenters. The molecular weight excluding hydrogens is 544 g/mol. The monoisotopic (exact) mass is 570 g/mol. The summed E-state index contributed by atoms with van der Waals surface area (Å²) in [5.41, 5.74) is 3.75. The maximum Gasteiger partial charge on any atom is 0.211 e. The Morgan fingerprint density at radius 2 is 1.84 bits per heavy atom. The topological polar surface area (TPSA) is 112 Å². The molecule has 1 aromatic carbocycles. The minimum absolute atomic E-state index is 0.0555. The first-order chi connectivity index (χ1) is 18.2. The molecule has 38 heavy (non-hydrogen) atoms. The van der Waals surface area contributed by atoms with Gasteiger partial charge in [0.25, 0.3) is 0 Å². The summed E-state index contributed by atoms with van der Waals surface area (Å²) in [4.78, 5) is 24.7. The Hall–Kier alpha value is -2.96. The Morgan fingerprint density at radius 3 is 2.47 bits per heavy atom. The number of nitrogens with zero attached hydrogens (tertiary/aromatic N) is 5. The number of hydrogen-bond donors (Lipinski definition) is 1. The lowest BCUT2D eigenvalue weighted by Gasteiger charge is -2.38. The number of thiophene rings is 1. The molecule has 4 aromatic rings. The van der Waals surface area contributed by atoms with Gasteiger partial charge in [-0.05, 0) is 53.9 Å². The minimum Gasteiger partial charge on any atom is -0.300 e. The highest BCUT2D eigenvalue weighted by molar-refractivity contribution is 7.88. The van der Waals surface area contributed by atoms with Crippen molar-refractivity contribution in [2.45, 2.75) is 19.4 Å². The molecule has 1 saturated heterocycles. The van der Waals surface area contributed by atoms with Crippen LogP contribution in [0.25, 0.3) is 21.1 Å². The van der Waals surface area contributed by atoms with Crippen LogP contribution in [0.15, 0.2) is 55.0 Å². The van der Waals surface area contributed by atoms with Gasteiger partial charge < -0.3 is 0 Å². The van der Waals surface area contributed by atoms with Crippen LogP contribution in [0.4, 0.5) is 0 Å². The van der Waals surface area contributed by atoms with E-state index in [1.165, 1.54) is 16.9 Å². The average Bonchev–Trinajstić information content (AvgIpc) is 3.56. The SMILES string of the molecule is CC(=O)Cc1cc(-c2cc(C(c3ccc(Cl)cc3)N3CCN(S(C)(=O)=O)CC3)c(-c3ncn[nH]3)s2)ccn1. The molecule has 1 aliphatic heterocycles. The molecule has 1 fully saturated rings. The van der Waals surface area contributed by atoms with Crippen LogP contribution in [0.5, 0.6) is 0 Å². The smallest absolute Gasteiger partial charge is 0.211 e. The van der Waals surface area contributed by atoms with Crippen LogP contribution in [-0.4, -0.2) is 76.0 Å². The number of sulfonamides is 1. The van der Waals surface area contributed by atoms with Crippen LogP contribution in [-0.2, 0) is 21.2 Å². The number of rotatable bonds is 8. The lowest BCUT2D eigenvalue weighted by Crippen LogP contribution is -2.49. The van der Waals surface area contributed by atoms with Gasteiger partial charge in [0.15, 0.2) is 5.82 Å². The Labute approximate surface area is 230 Å². The van der Waals surface area contributed by atoms with Crippen LogP contribution < -0.4 is 0 Å². The predicted molar refractivity (Wildman–Crippen MR) is 149 cm³/mol. The van der Waals surface area contributed by atoms with E-state index in [-0.39, 0.29) is 18.2 Å². The number of aromatic amines is 1. The Morgan fingerprint density at radius 1 is 1.11 bits per heavy atom. The Bertz CT molecular complexity index is 1530. The molecule has 0 saturated carbocycles. The average molecular weight is 571 g/mol. The zero-order chi connectivity index (χ0) is 26.9. The second-order valence-corrected chi connectivity index (χ2v) is 12.8. The quantitative estimate of drug-likeness (QED) is 0.340. The van der Waals surface area contributed by atoms with Gasteiger partial charge in [0, 0.05) is 54.4 Å². The van der Waals surface area contributed by atoms with Crippen molar-refractivity contribution in [2.75, 3.05) is 32.4 Å². The van der Waals surface area contributed by atoms with Gasteiger partial charge in [0.2, 0.25) is 10.0 Å². The number of carbonyl (C=O) groups is 1. The third-order valence-corrected chi connectivity index (χ3v) is 9.27.